The average Bonchev–Trinajstić information content (AvgIpc) is 2.57. The van der Waals surface area contributed by atoms with Crippen molar-refractivity contribution in [1.82, 2.24) is 5.32 Å². The molecule has 0 spiro atoms. The van der Waals surface area contributed by atoms with Crippen LogP contribution in [0.4, 0.5) is 10.1 Å². The van der Waals surface area contributed by atoms with Crippen LogP contribution >= 0.6 is 11.6 Å². The molecule has 0 aliphatic carbocycles. The maximum Gasteiger partial charge on any atom is 0.240 e. The van der Waals surface area contributed by atoms with Crippen molar-refractivity contribution in [3.05, 3.63) is 64.4 Å². The molecule has 0 fully saturated rings. The number of hydrogen-bond donors (Lipinski definition) is 1. The molecule has 2 amide bonds. The van der Waals surface area contributed by atoms with Crippen molar-refractivity contribution in [2.75, 3.05) is 18.0 Å². The van der Waals surface area contributed by atoms with E-state index in [1.54, 1.807) is 37.3 Å². The number of amides is 2. The van der Waals surface area contributed by atoms with E-state index in [0.29, 0.717) is 23.7 Å². The lowest BCUT2D eigenvalue weighted by molar-refractivity contribution is -0.123. The van der Waals surface area contributed by atoms with Crippen LogP contribution in [0.15, 0.2) is 42.5 Å². The lowest BCUT2D eigenvalue weighted by atomic mass is 10.1. The Morgan fingerprint density at radius 2 is 1.84 bits per heavy atom. The Kier molecular flexibility index (Phi) is 6.53. The van der Waals surface area contributed by atoms with Crippen molar-refractivity contribution >= 4 is 29.1 Å². The number of benzene rings is 2. The summed E-state index contributed by atoms with van der Waals surface area (Å²) in [6.45, 7) is 3.54. The summed E-state index contributed by atoms with van der Waals surface area (Å²) in [6, 6.07) is 11.4. The minimum absolute atomic E-state index is 0.0834. The molecule has 0 saturated heterocycles. The maximum absolute atomic E-state index is 12.9. The highest BCUT2D eigenvalue weighted by molar-refractivity contribution is 6.31. The molecule has 2 aromatic rings. The van der Waals surface area contributed by atoms with Gasteiger partial charge in [0.25, 0.3) is 0 Å². The fourth-order valence-electron chi connectivity index (χ4n) is 2.45. The highest BCUT2D eigenvalue weighted by Crippen LogP contribution is 2.26. The van der Waals surface area contributed by atoms with E-state index in [-0.39, 0.29) is 24.2 Å². The SMILES string of the molecule is CC(=O)N(CC(=O)NCCc1ccc(F)cc1)c1cccc(Cl)c1C. The molecule has 0 bridgehead atoms. The average molecular weight is 363 g/mol. The third-order valence-electron chi connectivity index (χ3n) is 3.86. The van der Waals surface area contributed by atoms with Gasteiger partial charge in [0.15, 0.2) is 0 Å². The van der Waals surface area contributed by atoms with E-state index in [1.165, 1.54) is 24.0 Å². The van der Waals surface area contributed by atoms with Crippen LogP contribution in [0.2, 0.25) is 5.02 Å². The highest BCUT2D eigenvalue weighted by Gasteiger charge is 2.18. The van der Waals surface area contributed by atoms with Crippen LogP contribution in [0.5, 0.6) is 0 Å². The molecule has 0 heterocycles. The predicted molar refractivity (Wildman–Crippen MR) is 97.3 cm³/mol. The van der Waals surface area contributed by atoms with Gasteiger partial charge in [0.2, 0.25) is 11.8 Å². The van der Waals surface area contributed by atoms with E-state index in [9.17, 15) is 14.0 Å². The Morgan fingerprint density at radius 1 is 1.16 bits per heavy atom. The summed E-state index contributed by atoms with van der Waals surface area (Å²) in [5.74, 6) is -0.794. The molecular weight excluding hydrogens is 343 g/mol. The van der Waals surface area contributed by atoms with E-state index < -0.39 is 0 Å². The van der Waals surface area contributed by atoms with Gasteiger partial charge in [0.05, 0.1) is 0 Å². The monoisotopic (exact) mass is 362 g/mol. The van der Waals surface area contributed by atoms with Crippen LogP contribution in [0, 0.1) is 12.7 Å². The Hall–Kier alpha value is -2.40. The van der Waals surface area contributed by atoms with Gasteiger partial charge < -0.3 is 10.2 Å². The van der Waals surface area contributed by atoms with Gasteiger partial charge in [-0.2, -0.15) is 0 Å². The highest BCUT2D eigenvalue weighted by atomic mass is 35.5. The van der Waals surface area contributed by atoms with Gasteiger partial charge >= 0.3 is 0 Å². The molecule has 25 heavy (non-hydrogen) atoms. The summed E-state index contributed by atoms with van der Waals surface area (Å²) >= 11 is 6.10. The normalized spacial score (nSPS) is 10.4. The summed E-state index contributed by atoms with van der Waals surface area (Å²) in [4.78, 5) is 25.5. The second kappa shape index (κ2) is 8.62. The van der Waals surface area contributed by atoms with E-state index >= 15 is 0 Å². The topological polar surface area (TPSA) is 49.4 Å². The standard InChI is InChI=1S/C19H20ClFN2O2/c1-13-17(20)4-3-5-18(13)23(14(2)24)12-19(25)22-11-10-15-6-8-16(21)9-7-15/h3-9H,10-12H2,1-2H3,(H,22,25). The fraction of sp³-hybridized carbons (Fsp3) is 0.263. The van der Waals surface area contributed by atoms with E-state index in [1.807, 2.05) is 0 Å². The zero-order chi connectivity index (χ0) is 18.4. The second-order valence-electron chi connectivity index (χ2n) is 5.72. The molecule has 1 N–H and O–H groups in total. The molecule has 2 aromatic carbocycles. The zero-order valence-corrected chi connectivity index (χ0v) is 14.9. The van der Waals surface area contributed by atoms with Gasteiger partial charge in [-0.05, 0) is 48.7 Å². The minimum atomic E-state index is -0.290. The van der Waals surface area contributed by atoms with E-state index in [0.717, 1.165) is 11.1 Å². The first-order chi connectivity index (χ1) is 11.9. The van der Waals surface area contributed by atoms with Crippen LogP contribution in [0.1, 0.15) is 18.1 Å². The maximum atomic E-state index is 12.9. The Labute approximate surface area is 151 Å². The van der Waals surface area contributed by atoms with Crippen LogP contribution in [-0.2, 0) is 16.0 Å². The first kappa shape index (κ1) is 18.9. The van der Waals surface area contributed by atoms with Crippen molar-refractivity contribution < 1.29 is 14.0 Å². The van der Waals surface area contributed by atoms with E-state index in [2.05, 4.69) is 5.32 Å². The Bertz CT molecular complexity index is 763. The summed E-state index contributed by atoms with van der Waals surface area (Å²) in [7, 11) is 0. The Morgan fingerprint density at radius 3 is 2.48 bits per heavy atom. The third-order valence-corrected chi connectivity index (χ3v) is 4.27. The summed E-state index contributed by atoms with van der Waals surface area (Å²) in [5, 5.41) is 3.32. The number of nitrogens with one attached hydrogen (secondary N) is 1. The molecule has 6 heteroatoms. The lowest BCUT2D eigenvalue weighted by Crippen LogP contribution is -2.40. The Balaban J connectivity index is 1.95. The van der Waals surface area contributed by atoms with E-state index in [4.69, 9.17) is 11.6 Å². The number of carbonyl (C=O) groups is 2. The molecule has 2 rings (SSSR count). The van der Waals surface area contributed by atoms with Crippen LogP contribution < -0.4 is 10.2 Å². The van der Waals surface area contributed by atoms with Gasteiger partial charge in [-0.15, -0.1) is 0 Å². The van der Waals surface area contributed by atoms with Crippen LogP contribution in [0.3, 0.4) is 0 Å². The van der Waals surface area contributed by atoms with Gasteiger partial charge in [0.1, 0.15) is 12.4 Å². The van der Waals surface area contributed by atoms with Gasteiger partial charge in [-0.3, -0.25) is 9.59 Å². The molecule has 0 aliphatic rings. The molecule has 0 aromatic heterocycles. The molecule has 4 nitrogen and oxygen atoms in total. The molecule has 0 aliphatic heterocycles. The molecule has 132 valence electrons. The quantitative estimate of drug-likeness (QED) is 0.855. The number of anilines is 1. The van der Waals surface area contributed by atoms with Crippen LogP contribution in [0.25, 0.3) is 0 Å². The summed E-state index contributed by atoms with van der Waals surface area (Å²) in [6.07, 6.45) is 0.586. The molecule has 0 radical (unpaired) electrons. The number of rotatable bonds is 6. The molecule has 0 saturated carbocycles. The van der Waals surface area contributed by atoms with Crippen molar-refractivity contribution in [2.45, 2.75) is 20.3 Å². The summed E-state index contributed by atoms with van der Waals surface area (Å²) < 4.78 is 12.9. The van der Waals surface area contributed by atoms with Crippen molar-refractivity contribution in [3.8, 4) is 0 Å². The zero-order valence-electron chi connectivity index (χ0n) is 14.2. The van der Waals surface area contributed by atoms with Gasteiger partial charge in [0, 0.05) is 24.2 Å². The minimum Gasteiger partial charge on any atom is -0.354 e. The molecular formula is C19H20ClFN2O2. The first-order valence-corrected chi connectivity index (χ1v) is 8.30. The molecule has 0 atom stereocenters. The van der Waals surface area contributed by atoms with Crippen molar-refractivity contribution in [3.63, 3.8) is 0 Å². The van der Waals surface area contributed by atoms with Crippen LogP contribution in [-0.4, -0.2) is 24.9 Å². The number of nitrogens with zero attached hydrogens (tertiary/aromatic N) is 1. The smallest absolute Gasteiger partial charge is 0.240 e. The molecule has 0 unspecified atom stereocenters. The third kappa shape index (κ3) is 5.29. The number of carbonyl (C=O) groups excluding carboxylic acids is 2. The van der Waals surface area contributed by atoms with Gasteiger partial charge in [-0.1, -0.05) is 29.8 Å². The summed E-state index contributed by atoms with van der Waals surface area (Å²) in [5.41, 5.74) is 2.29. The van der Waals surface area contributed by atoms with Gasteiger partial charge in [-0.25, -0.2) is 4.39 Å². The largest absolute Gasteiger partial charge is 0.354 e. The second-order valence-corrected chi connectivity index (χ2v) is 6.12. The van der Waals surface area contributed by atoms with Crippen molar-refractivity contribution in [2.24, 2.45) is 0 Å². The number of halogens is 2. The van der Waals surface area contributed by atoms with Crippen molar-refractivity contribution in [1.29, 1.82) is 0 Å². The predicted octanol–water partition coefficient (Wildman–Crippen LogP) is 3.50. The lowest BCUT2D eigenvalue weighted by Gasteiger charge is -2.23. The first-order valence-electron chi connectivity index (χ1n) is 7.93. The fourth-order valence-corrected chi connectivity index (χ4v) is 2.62. The number of hydrogen-bond acceptors (Lipinski definition) is 2.